The summed E-state index contributed by atoms with van der Waals surface area (Å²) in [5.41, 5.74) is 0.321. The molecule has 2 aromatic rings. The molecule has 0 aliphatic heterocycles. The fraction of sp³-hybridized carbons (Fsp3) is 0.429. The van der Waals surface area contributed by atoms with Gasteiger partial charge in [0.1, 0.15) is 11.3 Å². The lowest BCUT2D eigenvalue weighted by Gasteiger charge is -2.10. The summed E-state index contributed by atoms with van der Waals surface area (Å²) in [5.74, 6) is 0.706. The van der Waals surface area contributed by atoms with Crippen molar-refractivity contribution in [2.75, 3.05) is 6.61 Å². The third kappa shape index (κ3) is 3.21. The molecule has 1 heterocycles. The van der Waals surface area contributed by atoms with Crippen LogP contribution in [0, 0.1) is 5.82 Å². The lowest BCUT2D eigenvalue weighted by molar-refractivity contribution is 0.300. The van der Waals surface area contributed by atoms with Gasteiger partial charge in [0.2, 0.25) is 5.88 Å². The summed E-state index contributed by atoms with van der Waals surface area (Å²) in [7, 11) is 0. The van der Waals surface area contributed by atoms with E-state index in [4.69, 9.17) is 4.74 Å². The Labute approximate surface area is 120 Å². The minimum Gasteiger partial charge on any atom is -0.477 e. The Balaban J connectivity index is 2.52. The van der Waals surface area contributed by atoms with E-state index in [9.17, 15) is 4.39 Å². The van der Waals surface area contributed by atoms with E-state index in [1.54, 1.807) is 6.07 Å². The van der Waals surface area contributed by atoms with Crippen molar-refractivity contribution in [3.63, 3.8) is 0 Å². The van der Waals surface area contributed by atoms with E-state index in [2.05, 4.69) is 32.8 Å². The van der Waals surface area contributed by atoms with E-state index in [0.29, 0.717) is 40.1 Å². The Morgan fingerprint density at radius 2 is 2.05 bits per heavy atom. The van der Waals surface area contributed by atoms with E-state index in [1.165, 1.54) is 6.07 Å². The Kier molecular flexibility index (Phi) is 4.69. The van der Waals surface area contributed by atoms with Crippen molar-refractivity contribution in [3.05, 3.63) is 28.2 Å². The highest BCUT2D eigenvalue weighted by Crippen LogP contribution is 2.28. The third-order valence-electron chi connectivity index (χ3n) is 2.78. The van der Waals surface area contributed by atoms with Gasteiger partial charge in [-0.25, -0.2) is 9.37 Å². The average Bonchev–Trinajstić information content (AvgIpc) is 2.39. The predicted molar refractivity (Wildman–Crippen MR) is 77.0 cm³/mol. The van der Waals surface area contributed by atoms with Crippen molar-refractivity contribution in [1.29, 1.82) is 0 Å². The first-order valence-corrected chi connectivity index (χ1v) is 7.23. The Morgan fingerprint density at radius 3 is 2.74 bits per heavy atom. The maximum atomic E-state index is 14.0. The fourth-order valence-electron chi connectivity index (χ4n) is 1.76. The highest BCUT2D eigenvalue weighted by molar-refractivity contribution is 9.10. The second kappa shape index (κ2) is 6.28. The molecule has 1 aromatic carbocycles. The zero-order chi connectivity index (χ0) is 13.8. The lowest BCUT2D eigenvalue weighted by atomic mass is 10.2. The molecular formula is C14H16BrFN2O. The molecule has 0 bridgehead atoms. The molecule has 3 nitrogen and oxygen atoms in total. The van der Waals surface area contributed by atoms with Crippen molar-refractivity contribution in [2.45, 2.75) is 33.1 Å². The molecule has 0 saturated heterocycles. The first kappa shape index (κ1) is 14.2. The van der Waals surface area contributed by atoms with Gasteiger partial charge in [0.15, 0.2) is 5.82 Å². The maximum absolute atomic E-state index is 14.0. The SMILES string of the molecule is CCCCOc1nc(CC)nc2c(F)cc(Br)cc12. The van der Waals surface area contributed by atoms with Gasteiger partial charge in [-0.05, 0) is 18.6 Å². The zero-order valence-electron chi connectivity index (χ0n) is 11.0. The van der Waals surface area contributed by atoms with Gasteiger partial charge >= 0.3 is 0 Å². The number of rotatable bonds is 5. The number of unbranched alkanes of at least 4 members (excludes halogenated alkanes) is 1. The van der Waals surface area contributed by atoms with Gasteiger partial charge < -0.3 is 4.74 Å². The first-order valence-electron chi connectivity index (χ1n) is 6.44. The number of ether oxygens (including phenoxy) is 1. The number of nitrogens with zero attached hydrogens (tertiary/aromatic N) is 2. The van der Waals surface area contributed by atoms with E-state index in [1.807, 2.05) is 6.92 Å². The zero-order valence-corrected chi connectivity index (χ0v) is 12.6. The molecule has 5 heteroatoms. The number of aromatic nitrogens is 2. The van der Waals surface area contributed by atoms with Crippen LogP contribution >= 0.6 is 15.9 Å². The number of hydrogen-bond acceptors (Lipinski definition) is 3. The highest BCUT2D eigenvalue weighted by Gasteiger charge is 2.13. The van der Waals surface area contributed by atoms with E-state index in [-0.39, 0.29) is 5.82 Å². The molecule has 0 radical (unpaired) electrons. The quantitative estimate of drug-likeness (QED) is 0.769. The molecule has 1 aromatic heterocycles. The van der Waals surface area contributed by atoms with Gasteiger partial charge in [0.05, 0.1) is 12.0 Å². The number of aryl methyl sites for hydroxylation is 1. The third-order valence-corrected chi connectivity index (χ3v) is 3.24. The molecule has 19 heavy (non-hydrogen) atoms. The van der Waals surface area contributed by atoms with Crippen molar-refractivity contribution >= 4 is 26.8 Å². The number of benzene rings is 1. The molecule has 0 aliphatic rings. The number of fused-ring (bicyclic) bond motifs is 1. The molecule has 0 amide bonds. The van der Waals surface area contributed by atoms with E-state index in [0.717, 1.165) is 12.8 Å². The van der Waals surface area contributed by atoms with E-state index >= 15 is 0 Å². The molecule has 102 valence electrons. The summed E-state index contributed by atoms with van der Waals surface area (Å²) in [6.45, 7) is 4.61. The first-order chi connectivity index (χ1) is 9.15. The second-order valence-corrected chi connectivity index (χ2v) is 5.20. The molecule has 0 unspecified atom stereocenters. The van der Waals surface area contributed by atoms with Gasteiger partial charge in [0.25, 0.3) is 0 Å². The number of hydrogen-bond donors (Lipinski definition) is 0. The minimum atomic E-state index is -0.359. The van der Waals surface area contributed by atoms with Crippen molar-refractivity contribution < 1.29 is 9.13 Å². The molecule has 0 atom stereocenters. The summed E-state index contributed by atoms with van der Waals surface area (Å²) >= 11 is 3.28. The predicted octanol–water partition coefficient (Wildman–Crippen LogP) is 4.27. The monoisotopic (exact) mass is 326 g/mol. The van der Waals surface area contributed by atoms with Crippen LogP contribution in [0.4, 0.5) is 4.39 Å². The van der Waals surface area contributed by atoms with Crippen LogP contribution in [0.25, 0.3) is 10.9 Å². The van der Waals surface area contributed by atoms with Crippen LogP contribution in [0.5, 0.6) is 5.88 Å². The Morgan fingerprint density at radius 1 is 1.26 bits per heavy atom. The molecule has 2 rings (SSSR count). The summed E-state index contributed by atoms with van der Waals surface area (Å²) in [4.78, 5) is 8.59. The number of halogens is 2. The van der Waals surface area contributed by atoms with Gasteiger partial charge in [-0.15, -0.1) is 0 Å². The summed E-state index contributed by atoms with van der Waals surface area (Å²) in [5, 5.41) is 0.611. The standard InChI is InChI=1S/C14H16BrFN2O/c1-3-5-6-19-14-10-7-9(15)8-11(16)13(10)17-12(4-2)18-14/h7-8H,3-6H2,1-2H3. The lowest BCUT2D eigenvalue weighted by Crippen LogP contribution is -2.04. The fourth-order valence-corrected chi connectivity index (χ4v) is 2.19. The average molecular weight is 327 g/mol. The van der Waals surface area contributed by atoms with Crippen LogP contribution in [0.1, 0.15) is 32.5 Å². The van der Waals surface area contributed by atoms with Crippen molar-refractivity contribution in [1.82, 2.24) is 9.97 Å². The summed E-state index contributed by atoms with van der Waals surface area (Å²) < 4.78 is 20.3. The molecule has 0 N–H and O–H groups in total. The summed E-state index contributed by atoms with van der Waals surface area (Å²) in [6, 6.07) is 3.20. The van der Waals surface area contributed by atoms with Gasteiger partial charge in [0, 0.05) is 10.9 Å². The van der Waals surface area contributed by atoms with Crippen LogP contribution in [0.2, 0.25) is 0 Å². The van der Waals surface area contributed by atoms with Crippen LogP contribution in [-0.2, 0) is 6.42 Å². The molecule has 0 saturated carbocycles. The smallest absolute Gasteiger partial charge is 0.224 e. The van der Waals surface area contributed by atoms with Crippen LogP contribution in [0.3, 0.4) is 0 Å². The Hall–Kier alpha value is -1.23. The van der Waals surface area contributed by atoms with Gasteiger partial charge in [-0.3, -0.25) is 0 Å². The normalized spacial score (nSPS) is 10.9. The van der Waals surface area contributed by atoms with Crippen LogP contribution in [-0.4, -0.2) is 16.6 Å². The molecule has 0 aliphatic carbocycles. The topological polar surface area (TPSA) is 35.0 Å². The molecule has 0 fully saturated rings. The molecule has 0 spiro atoms. The molecular weight excluding hydrogens is 311 g/mol. The van der Waals surface area contributed by atoms with E-state index < -0.39 is 0 Å². The summed E-state index contributed by atoms with van der Waals surface area (Å²) in [6.07, 6.45) is 2.64. The van der Waals surface area contributed by atoms with Crippen molar-refractivity contribution in [3.8, 4) is 5.88 Å². The minimum absolute atomic E-state index is 0.321. The highest BCUT2D eigenvalue weighted by atomic mass is 79.9. The second-order valence-electron chi connectivity index (χ2n) is 4.28. The largest absolute Gasteiger partial charge is 0.477 e. The van der Waals surface area contributed by atoms with Crippen LogP contribution < -0.4 is 4.74 Å². The van der Waals surface area contributed by atoms with Gasteiger partial charge in [-0.1, -0.05) is 36.2 Å². The van der Waals surface area contributed by atoms with Crippen LogP contribution in [0.15, 0.2) is 16.6 Å². The van der Waals surface area contributed by atoms with Gasteiger partial charge in [-0.2, -0.15) is 4.98 Å². The van der Waals surface area contributed by atoms with Crippen molar-refractivity contribution in [2.24, 2.45) is 0 Å². The Bertz CT molecular complexity index is 589. The maximum Gasteiger partial charge on any atom is 0.224 e.